The topological polar surface area (TPSA) is 34.1 Å². The van der Waals surface area contributed by atoms with Gasteiger partial charge >= 0.3 is 0 Å². The van der Waals surface area contributed by atoms with E-state index in [0.717, 1.165) is 14.8 Å². The van der Waals surface area contributed by atoms with Crippen molar-refractivity contribution in [2.45, 2.75) is 6.92 Å². The zero-order valence-corrected chi connectivity index (χ0v) is 10.6. The number of hydrogen-bond donors (Lipinski definition) is 0. The minimum Gasteiger partial charge on any atom is -0.295 e. The van der Waals surface area contributed by atoms with Gasteiger partial charge in [0.1, 0.15) is 0 Å². The highest BCUT2D eigenvalue weighted by Crippen LogP contribution is 2.25. The third-order valence-corrected chi connectivity index (χ3v) is 4.13. The molecule has 0 radical (unpaired) electrons. The van der Waals surface area contributed by atoms with Crippen molar-refractivity contribution in [1.29, 1.82) is 0 Å². The van der Waals surface area contributed by atoms with Crippen LogP contribution in [0.2, 0.25) is 0 Å². The third-order valence-electron chi connectivity index (χ3n) is 2.98. The zero-order chi connectivity index (χ0) is 12.7. The fourth-order valence-corrected chi connectivity index (χ4v) is 3.07. The molecule has 0 aliphatic carbocycles. The summed E-state index contributed by atoms with van der Waals surface area (Å²) in [6.07, 6.45) is 0. The van der Waals surface area contributed by atoms with Crippen molar-refractivity contribution < 1.29 is 4.79 Å². The zero-order valence-electron chi connectivity index (χ0n) is 9.77. The Morgan fingerprint density at radius 2 is 1.72 bits per heavy atom. The van der Waals surface area contributed by atoms with Gasteiger partial charge in [0.2, 0.25) is 0 Å². The van der Waals surface area contributed by atoms with Crippen LogP contribution >= 0.6 is 11.3 Å². The molecule has 0 saturated carbocycles. The molecule has 3 rings (SSSR count). The van der Waals surface area contributed by atoms with Crippen LogP contribution in [0.4, 0.5) is 0 Å². The van der Waals surface area contributed by atoms with Crippen molar-refractivity contribution in [2.75, 3.05) is 0 Å². The van der Waals surface area contributed by atoms with Gasteiger partial charge in [-0.15, -0.1) is 11.3 Å². The number of carbonyl (C=O) groups excluding carboxylic acids is 1. The van der Waals surface area contributed by atoms with Gasteiger partial charge in [0.25, 0.3) is 0 Å². The summed E-state index contributed by atoms with van der Waals surface area (Å²) < 4.78 is 1.90. The monoisotopic (exact) mass is 254 g/mol. The summed E-state index contributed by atoms with van der Waals surface area (Å²) in [6.45, 7) is 1.51. The molecule has 0 unspecified atom stereocenters. The Kier molecular flexibility index (Phi) is 2.49. The maximum Gasteiger partial charge on any atom is 0.195 e. The van der Waals surface area contributed by atoms with Crippen molar-refractivity contribution >= 4 is 37.3 Å². The van der Waals surface area contributed by atoms with Crippen LogP contribution in [0.3, 0.4) is 0 Å². The normalized spacial score (nSPS) is 10.9. The second-order valence-electron chi connectivity index (χ2n) is 4.19. The van der Waals surface area contributed by atoms with Gasteiger partial charge in [0.15, 0.2) is 11.2 Å². The second-order valence-corrected chi connectivity index (χ2v) is 5.28. The number of carbonyl (C=O) groups is 1. The predicted molar refractivity (Wildman–Crippen MR) is 75.6 cm³/mol. The minimum absolute atomic E-state index is 0.00227. The van der Waals surface area contributed by atoms with E-state index in [4.69, 9.17) is 0 Å². The lowest BCUT2D eigenvalue weighted by Crippen LogP contribution is -2.02. The SMILES string of the molecule is CC(=O)c1ccc2sc3ccccc3c(=O)c2c1. The third kappa shape index (κ3) is 1.64. The van der Waals surface area contributed by atoms with Crippen LogP contribution in [0.15, 0.2) is 47.3 Å². The average Bonchev–Trinajstić information content (AvgIpc) is 2.38. The molecule has 2 nitrogen and oxygen atoms in total. The molecule has 0 N–H and O–H groups in total. The van der Waals surface area contributed by atoms with Crippen molar-refractivity contribution in [3.8, 4) is 0 Å². The Labute approximate surface area is 107 Å². The Balaban J connectivity index is 2.49. The van der Waals surface area contributed by atoms with Crippen molar-refractivity contribution in [2.24, 2.45) is 0 Å². The molecule has 2 aromatic carbocycles. The van der Waals surface area contributed by atoms with Crippen LogP contribution in [0, 0.1) is 0 Å². The molecule has 0 aliphatic rings. The summed E-state index contributed by atoms with van der Waals surface area (Å²) in [7, 11) is 0. The summed E-state index contributed by atoms with van der Waals surface area (Å²) >= 11 is 1.57. The lowest BCUT2D eigenvalue weighted by atomic mass is 10.1. The molecule has 0 spiro atoms. The summed E-state index contributed by atoms with van der Waals surface area (Å²) in [5, 5.41) is 1.35. The molecule has 0 saturated heterocycles. The van der Waals surface area contributed by atoms with Gasteiger partial charge in [-0.3, -0.25) is 9.59 Å². The highest BCUT2D eigenvalue weighted by atomic mass is 32.1. The summed E-state index contributed by atoms with van der Waals surface area (Å²) in [5.41, 5.74) is 0.588. The Morgan fingerprint density at radius 3 is 2.50 bits per heavy atom. The van der Waals surface area contributed by atoms with Gasteiger partial charge in [0, 0.05) is 25.7 Å². The van der Waals surface area contributed by atoms with E-state index in [1.54, 1.807) is 23.5 Å². The molecule has 0 atom stereocenters. The van der Waals surface area contributed by atoms with Crippen LogP contribution < -0.4 is 5.43 Å². The van der Waals surface area contributed by atoms with Crippen LogP contribution in [-0.2, 0) is 0 Å². The van der Waals surface area contributed by atoms with Crippen molar-refractivity contribution in [3.05, 3.63) is 58.3 Å². The smallest absolute Gasteiger partial charge is 0.195 e. The largest absolute Gasteiger partial charge is 0.295 e. The number of fused-ring (bicyclic) bond motifs is 2. The number of rotatable bonds is 1. The van der Waals surface area contributed by atoms with Crippen LogP contribution in [-0.4, -0.2) is 5.78 Å². The number of benzene rings is 2. The van der Waals surface area contributed by atoms with Gasteiger partial charge in [-0.05, 0) is 37.3 Å². The Morgan fingerprint density at radius 1 is 1.00 bits per heavy atom. The first-order valence-corrected chi connectivity index (χ1v) is 6.45. The van der Waals surface area contributed by atoms with Gasteiger partial charge in [-0.25, -0.2) is 0 Å². The molecule has 88 valence electrons. The maximum atomic E-state index is 12.4. The summed E-state index contributed by atoms with van der Waals surface area (Å²) in [4.78, 5) is 23.7. The first-order chi connectivity index (χ1) is 8.66. The van der Waals surface area contributed by atoms with Crippen LogP contribution in [0.1, 0.15) is 17.3 Å². The first kappa shape index (κ1) is 11.1. The molecule has 3 heteroatoms. The Bertz CT molecular complexity index is 831. The molecule has 0 bridgehead atoms. The van der Waals surface area contributed by atoms with Crippen LogP contribution in [0.25, 0.3) is 20.2 Å². The molecule has 1 aromatic heterocycles. The second kappa shape index (κ2) is 4.03. The quantitative estimate of drug-likeness (QED) is 0.491. The lowest BCUT2D eigenvalue weighted by Gasteiger charge is -2.02. The first-order valence-electron chi connectivity index (χ1n) is 5.63. The van der Waals surface area contributed by atoms with E-state index in [2.05, 4.69) is 0 Å². The standard InChI is InChI=1S/C15H10O2S/c1-9(16)10-6-7-14-12(8-10)15(17)11-4-2-3-5-13(11)18-14/h2-8H,1H3. The molecule has 0 fully saturated rings. The van der Waals surface area contributed by atoms with Gasteiger partial charge < -0.3 is 0 Å². The number of ketones is 1. The number of hydrogen-bond acceptors (Lipinski definition) is 3. The van der Waals surface area contributed by atoms with E-state index in [-0.39, 0.29) is 11.2 Å². The van der Waals surface area contributed by atoms with Gasteiger partial charge in [0.05, 0.1) is 0 Å². The van der Waals surface area contributed by atoms with Crippen LogP contribution in [0.5, 0.6) is 0 Å². The molecule has 1 heterocycles. The summed E-state index contributed by atoms with van der Waals surface area (Å²) in [5.74, 6) is -0.0190. The van der Waals surface area contributed by atoms with E-state index in [1.165, 1.54) is 6.92 Å². The summed E-state index contributed by atoms with van der Waals surface area (Å²) in [6, 6.07) is 12.9. The lowest BCUT2D eigenvalue weighted by molar-refractivity contribution is 0.101. The molecular formula is C15H10O2S. The van der Waals surface area contributed by atoms with E-state index < -0.39 is 0 Å². The molecule has 0 aliphatic heterocycles. The van der Waals surface area contributed by atoms with Gasteiger partial charge in [-0.1, -0.05) is 12.1 Å². The molecule has 3 aromatic rings. The highest BCUT2D eigenvalue weighted by Gasteiger charge is 2.07. The van der Waals surface area contributed by atoms with Crippen molar-refractivity contribution in [3.63, 3.8) is 0 Å². The van der Waals surface area contributed by atoms with E-state index in [1.807, 2.05) is 30.3 Å². The maximum absolute atomic E-state index is 12.4. The molecular weight excluding hydrogens is 244 g/mol. The Hall–Kier alpha value is -2.00. The number of Topliss-reactive ketones (excluding diaryl/α,β-unsaturated/α-hetero) is 1. The fourth-order valence-electron chi connectivity index (χ4n) is 2.02. The predicted octanol–water partition coefficient (Wildman–Crippen LogP) is 3.62. The molecule has 18 heavy (non-hydrogen) atoms. The van der Waals surface area contributed by atoms with Gasteiger partial charge in [-0.2, -0.15) is 0 Å². The average molecular weight is 254 g/mol. The fraction of sp³-hybridized carbons (Fsp3) is 0.0667. The molecule has 0 amide bonds. The van der Waals surface area contributed by atoms with E-state index in [0.29, 0.717) is 10.9 Å². The van der Waals surface area contributed by atoms with E-state index >= 15 is 0 Å². The van der Waals surface area contributed by atoms with E-state index in [9.17, 15) is 9.59 Å². The van der Waals surface area contributed by atoms with Crippen molar-refractivity contribution in [1.82, 2.24) is 0 Å². The highest BCUT2D eigenvalue weighted by molar-refractivity contribution is 7.24. The minimum atomic E-state index is -0.0190.